The number of hydrogen-bond acceptors (Lipinski definition) is 8. The maximum Gasteiger partial charge on any atom is 0.212 e. The summed E-state index contributed by atoms with van der Waals surface area (Å²) in [7, 11) is 0. The van der Waals surface area contributed by atoms with E-state index >= 15 is 0 Å². The smallest absolute Gasteiger partial charge is 0.212 e. The fourth-order valence-electron chi connectivity index (χ4n) is 3.23. The molecule has 3 aromatic rings. The van der Waals surface area contributed by atoms with Gasteiger partial charge in [0, 0.05) is 23.9 Å². The van der Waals surface area contributed by atoms with Crippen LogP contribution in [-0.4, -0.2) is 33.7 Å². The Bertz CT molecular complexity index is 1020. The Labute approximate surface area is 153 Å². The molecule has 3 N–H and O–H groups in total. The molecule has 0 amide bonds. The lowest BCUT2D eigenvalue weighted by Gasteiger charge is -2.22. The van der Waals surface area contributed by atoms with Crippen molar-refractivity contribution >= 4 is 34.3 Å². The molecule has 2 aliphatic rings. The zero-order valence-electron chi connectivity index (χ0n) is 14.2. The standard InChI is InChI=1S/C17H18N6O2S/c1-2-14-19-10(8-26-14)15-21-16(18)22-17-20-9-6-12-13(7-11(9)23(15)17)25-5-3-4-24-12/h6-8,15H,2-5H2,1H3,(H3,18,20,21,22). The minimum Gasteiger partial charge on any atom is -0.489 e. The predicted molar refractivity (Wildman–Crippen MR) is 100 cm³/mol. The van der Waals surface area contributed by atoms with Crippen LogP contribution in [-0.2, 0) is 6.42 Å². The topological polar surface area (TPSA) is 99.6 Å². The van der Waals surface area contributed by atoms with Gasteiger partial charge in [-0.25, -0.2) is 15.0 Å². The molecule has 4 heterocycles. The van der Waals surface area contributed by atoms with Gasteiger partial charge in [0.15, 0.2) is 23.6 Å². The van der Waals surface area contributed by atoms with Crippen LogP contribution < -0.4 is 20.5 Å². The summed E-state index contributed by atoms with van der Waals surface area (Å²) >= 11 is 1.63. The van der Waals surface area contributed by atoms with Gasteiger partial charge in [0.05, 0.1) is 34.9 Å². The molecule has 0 saturated carbocycles. The summed E-state index contributed by atoms with van der Waals surface area (Å²) in [6.07, 6.45) is 1.41. The molecule has 2 aromatic heterocycles. The van der Waals surface area contributed by atoms with Crippen LogP contribution >= 0.6 is 11.3 Å². The summed E-state index contributed by atoms with van der Waals surface area (Å²) in [6.45, 7) is 3.37. The lowest BCUT2D eigenvalue weighted by atomic mass is 10.2. The molecule has 9 heteroatoms. The van der Waals surface area contributed by atoms with E-state index in [0.29, 0.717) is 25.1 Å². The zero-order valence-corrected chi connectivity index (χ0v) is 15.0. The van der Waals surface area contributed by atoms with Gasteiger partial charge in [-0.3, -0.25) is 9.88 Å². The third-order valence-electron chi connectivity index (χ3n) is 4.44. The summed E-state index contributed by atoms with van der Waals surface area (Å²) in [5.74, 6) is 2.42. The van der Waals surface area contributed by atoms with Crippen LogP contribution in [0.5, 0.6) is 11.5 Å². The van der Waals surface area contributed by atoms with E-state index in [4.69, 9.17) is 20.2 Å². The van der Waals surface area contributed by atoms with E-state index in [2.05, 4.69) is 22.2 Å². The number of benzene rings is 1. The van der Waals surface area contributed by atoms with E-state index < -0.39 is 0 Å². The number of imidazole rings is 1. The molecular formula is C17H18N6O2S. The summed E-state index contributed by atoms with van der Waals surface area (Å²) in [4.78, 5) is 13.9. The van der Waals surface area contributed by atoms with Crippen molar-refractivity contribution in [1.82, 2.24) is 14.5 Å². The molecule has 134 valence electrons. The van der Waals surface area contributed by atoms with Crippen molar-refractivity contribution in [3.63, 3.8) is 0 Å². The number of aromatic nitrogens is 3. The monoisotopic (exact) mass is 370 g/mol. The number of aliphatic imine (C=N–C) groups is 1. The number of aryl methyl sites for hydroxylation is 1. The second-order valence-corrected chi connectivity index (χ2v) is 7.12. The number of hydrogen-bond donors (Lipinski definition) is 2. The highest BCUT2D eigenvalue weighted by molar-refractivity contribution is 7.09. The van der Waals surface area contributed by atoms with Gasteiger partial charge >= 0.3 is 0 Å². The lowest BCUT2D eigenvalue weighted by Crippen LogP contribution is -2.31. The Morgan fingerprint density at radius 1 is 1.27 bits per heavy atom. The first-order chi connectivity index (χ1) is 12.7. The third-order valence-corrected chi connectivity index (χ3v) is 5.45. The molecule has 2 aliphatic heterocycles. The first-order valence-corrected chi connectivity index (χ1v) is 9.47. The van der Waals surface area contributed by atoms with Crippen molar-refractivity contribution in [2.24, 2.45) is 10.7 Å². The second-order valence-electron chi connectivity index (χ2n) is 6.18. The van der Waals surface area contributed by atoms with Crippen LogP contribution in [0.4, 0.5) is 5.95 Å². The van der Waals surface area contributed by atoms with Gasteiger partial charge in [-0.2, -0.15) is 0 Å². The fourth-order valence-corrected chi connectivity index (χ4v) is 3.98. The van der Waals surface area contributed by atoms with Crippen LogP contribution in [0.3, 0.4) is 0 Å². The molecule has 0 spiro atoms. The Kier molecular flexibility index (Phi) is 3.49. The highest BCUT2D eigenvalue weighted by Gasteiger charge is 2.28. The number of nitrogens with zero attached hydrogens (tertiary/aromatic N) is 4. The normalized spacial score (nSPS) is 18.8. The van der Waals surface area contributed by atoms with E-state index in [1.165, 1.54) is 0 Å². The number of nitrogens with two attached hydrogens (primary N) is 1. The summed E-state index contributed by atoms with van der Waals surface area (Å²) in [5, 5.41) is 6.15. The first-order valence-electron chi connectivity index (χ1n) is 8.59. The average molecular weight is 370 g/mol. The van der Waals surface area contributed by atoms with Gasteiger partial charge in [-0.1, -0.05) is 6.92 Å². The van der Waals surface area contributed by atoms with Crippen LogP contribution in [0.1, 0.15) is 30.2 Å². The number of ether oxygens (including phenoxy) is 2. The second kappa shape index (κ2) is 5.87. The maximum absolute atomic E-state index is 5.99. The highest BCUT2D eigenvalue weighted by Crippen LogP contribution is 2.39. The fraction of sp³-hybridized carbons (Fsp3) is 0.353. The predicted octanol–water partition coefficient (Wildman–Crippen LogP) is 2.50. The van der Waals surface area contributed by atoms with Gasteiger partial charge in [-0.15, -0.1) is 11.3 Å². The van der Waals surface area contributed by atoms with Gasteiger partial charge < -0.3 is 15.2 Å². The molecule has 26 heavy (non-hydrogen) atoms. The van der Waals surface area contributed by atoms with Crippen molar-refractivity contribution in [2.45, 2.75) is 25.9 Å². The minimum absolute atomic E-state index is 0.331. The van der Waals surface area contributed by atoms with Crippen LogP contribution in [0.25, 0.3) is 11.0 Å². The number of rotatable bonds is 2. The van der Waals surface area contributed by atoms with Crippen LogP contribution in [0, 0.1) is 0 Å². The van der Waals surface area contributed by atoms with E-state index in [1.54, 1.807) is 11.3 Å². The largest absolute Gasteiger partial charge is 0.489 e. The molecule has 0 aliphatic carbocycles. The molecule has 1 atom stereocenters. The minimum atomic E-state index is -0.349. The van der Waals surface area contributed by atoms with E-state index in [1.807, 2.05) is 22.1 Å². The van der Waals surface area contributed by atoms with Crippen molar-refractivity contribution in [1.29, 1.82) is 0 Å². The molecule has 1 unspecified atom stereocenters. The summed E-state index contributed by atoms with van der Waals surface area (Å²) in [5.41, 5.74) is 8.57. The molecule has 0 bridgehead atoms. The summed E-state index contributed by atoms with van der Waals surface area (Å²) in [6, 6.07) is 3.88. The summed E-state index contributed by atoms with van der Waals surface area (Å²) < 4.78 is 13.6. The molecule has 8 nitrogen and oxygen atoms in total. The van der Waals surface area contributed by atoms with E-state index in [9.17, 15) is 0 Å². The molecule has 0 radical (unpaired) electrons. The molecular weight excluding hydrogens is 352 g/mol. The number of nitrogens with one attached hydrogen (secondary N) is 1. The van der Waals surface area contributed by atoms with Gasteiger partial charge in [0.2, 0.25) is 5.95 Å². The first kappa shape index (κ1) is 15.4. The Hall–Kier alpha value is -2.81. The third kappa shape index (κ3) is 2.38. The van der Waals surface area contributed by atoms with Crippen LogP contribution in [0.15, 0.2) is 22.5 Å². The number of anilines is 1. The number of thiazole rings is 1. The highest BCUT2D eigenvalue weighted by atomic mass is 32.1. The lowest BCUT2D eigenvalue weighted by molar-refractivity contribution is 0.297. The average Bonchev–Trinajstić information content (AvgIpc) is 3.17. The van der Waals surface area contributed by atoms with Crippen molar-refractivity contribution in [3.8, 4) is 11.5 Å². The molecule has 1 aromatic carbocycles. The Morgan fingerprint density at radius 2 is 2.08 bits per heavy atom. The molecule has 0 saturated heterocycles. The number of fused-ring (bicyclic) bond motifs is 4. The van der Waals surface area contributed by atoms with Crippen molar-refractivity contribution in [2.75, 3.05) is 18.5 Å². The van der Waals surface area contributed by atoms with Crippen molar-refractivity contribution in [3.05, 3.63) is 28.2 Å². The quantitative estimate of drug-likeness (QED) is 0.719. The maximum atomic E-state index is 5.99. The Balaban J connectivity index is 1.69. The van der Waals surface area contributed by atoms with E-state index in [-0.39, 0.29) is 6.17 Å². The molecule has 0 fully saturated rings. The van der Waals surface area contributed by atoms with E-state index in [0.717, 1.165) is 46.1 Å². The van der Waals surface area contributed by atoms with Gasteiger partial charge in [0.25, 0.3) is 0 Å². The van der Waals surface area contributed by atoms with Crippen LogP contribution in [0.2, 0.25) is 0 Å². The Morgan fingerprint density at radius 3 is 2.85 bits per heavy atom. The van der Waals surface area contributed by atoms with Gasteiger partial charge in [0.1, 0.15) is 0 Å². The van der Waals surface area contributed by atoms with Crippen molar-refractivity contribution < 1.29 is 9.47 Å². The molecule has 5 rings (SSSR count). The van der Waals surface area contributed by atoms with Gasteiger partial charge in [-0.05, 0) is 6.42 Å². The SMILES string of the molecule is CCc1nc(C2N=C(N)Nc3nc4cc5c(cc4n32)OCCCO5)cs1. The number of guanidine groups is 1. The zero-order chi connectivity index (χ0) is 17.7.